The van der Waals surface area contributed by atoms with Crippen LogP contribution in [0.15, 0.2) is 28.7 Å². The Bertz CT molecular complexity index is 328. The minimum absolute atomic E-state index is 0.00625. The first kappa shape index (κ1) is 11.7. The monoisotopic (exact) mass is 319 g/mol. The van der Waals surface area contributed by atoms with Crippen molar-refractivity contribution in [1.82, 2.24) is 5.32 Å². The van der Waals surface area contributed by atoms with E-state index in [1.165, 1.54) is 0 Å². The van der Waals surface area contributed by atoms with Gasteiger partial charge in [-0.1, -0.05) is 50.1 Å². The van der Waals surface area contributed by atoms with Crippen LogP contribution >= 0.6 is 31.9 Å². The maximum absolute atomic E-state index is 11.1. The number of hydrogen-bond acceptors (Lipinski definition) is 1. The summed E-state index contributed by atoms with van der Waals surface area (Å²) in [6.45, 7) is 1.96. The average Bonchev–Trinajstić information content (AvgIpc) is 2.18. The minimum Gasteiger partial charge on any atom is -0.349 e. The predicted octanol–water partition coefficient (Wildman–Crippen LogP) is 3.02. The Hall–Kier alpha value is -0.350. The quantitative estimate of drug-likeness (QED) is 0.852. The van der Waals surface area contributed by atoms with E-state index < -0.39 is 0 Å². The van der Waals surface area contributed by atoms with Crippen LogP contribution in [0.25, 0.3) is 0 Å². The molecule has 0 aromatic heterocycles. The van der Waals surface area contributed by atoms with E-state index in [1.54, 1.807) is 0 Å². The Kier molecular flexibility index (Phi) is 4.62. The maximum atomic E-state index is 11.1. The first-order valence-corrected chi connectivity index (χ1v) is 6.16. The molecule has 1 aromatic carbocycles. The van der Waals surface area contributed by atoms with Gasteiger partial charge >= 0.3 is 0 Å². The molecule has 0 aliphatic heterocycles. The molecule has 14 heavy (non-hydrogen) atoms. The summed E-state index contributed by atoms with van der Waals surface area (Å²) in [6.07, 6.45) is 0. The number of amides is 1. The van der Waals surface area contributed by atoms with Crippen LogP contribution in [0.2, 0.25) is 0 Å². The first-order valence-electron chi connectivity index (χ1n) is 4.25. The zero-order valence-electron chi connectivity index (χ0n) is 7.76. The maximum Gasteiger partial charge on any atom is 0.231 e. The molecule has 0 saturated carbocycles. The topological polar surface area (TPSA) is 29.1 Å². The number of carbonyl (C=O) groups is 1. The predicted molar refractivity (Wildman–Crippen MR) is 64.5 cm³/mol. The molecular weight excluding hydrogens is 310 g/mol. The summed E-state index contributed by atoms with van der Waals surface area (Å²) in [5.74, 6) is -0.00625. The van der Waals surface area contributed by atoms with Crippen molar-refractivity contribution in [1.29, 1.82) is 0 Å². The molecule has 0 unspecified atom stereocenters. The molecule has 1 N–H and O–H groups in total. The lowest BCUT2D eigenvalue weighted by molar-refractivity contribution is -0.119. The highest BCUT2D eigenvalue weighted by molar-refractivity contribution is 9.10. The van der Waals surface area contributed by atoms with Crippen LogP contribution in [-0.4, -0.2) is 11.2 Å². The molecule has 1 aromatic rings. The van der Waals surface area contributed by atoms with E-state index in [0.717, 1.165) is 10.0 Å². The fourth-order valence-electron chi connectivity index (χ4n) is 1.18. The summed E-state index contributed by atoms with van der Waals surface area (Å²) < 4.78 is 1.02. The van der Waals surface area contributed by atoms with Crippen molar-refractivity contribution in [2.45, 2.75) is 13.0 Å². The number of rotatable bonds is 3. The van der Waals surface area contributed by atoms with Crippen molar-refractivity contribution >= 4 is 37.8 Å². The number of hydrogen-bond donors (Lipinski definition) is 1. The molecular formula is C10H11Br2NO. The molecule has 0 aliphatic rings. The third kappa shape index (κ3) is 3.10. The molecule has 0 spiro atoms. The van der Waals surface area contributed by atoms with Crippen molar-refractivity contribution in [2.24, 2.45) is 0 Å². The van der Waals surface area contributed by atoms with Gasteiger partial charge in [0.2, 0.25) is 5.91 Å². The third-order valence-electron chi connectivity index (χ3n) is 1.87. The van der Waals surface area contributed by atoms with Crippen LogP contribution in [0.5, 0.6) is 0 Å². The van der Waals surface area contributed by atoms with Gasteiger partial charge in [-0.15, -0.1) is 0 Å². The van der Waals surface area contributed by atoms with Crippen molar-refractivity contribution < 1.29 is 4.79 Å². The highest BCUT2D eigenvalue weighted by atomic mass is 79.9. The van der Waals surface area contributed by atoms with Crippen molar-refractivity contribution in [2.75, 3.05) is 5.33 Å². The van der Waals surface area contributed by atoms with Crippen LogP contribution < -0.4 is 5.32 Å². The molecule has 0 aliphatic carbocycles. The number of benzene rings is 1. The molecule has 1 amide bonds. The molecule has 0 bridgehead atoms. The lowest BCUT2D eigenvalue weighted by Gasteiger charge is -2.14. The standard InChI is InChI=1S/C10H11Br2NO/c1-7(13-10(14)6-11)8-4-2-3-5-9(8)12/h2-5,7H,6H2,1H3,(H,13,14)/t7-/m0/s1. The van der Waals surface area contributed by atoms with Gasteiger partial charge in [-0.05, 0) is 18.6 Å². The summed E-state index contributed by atoms with van der Waals surface area (Å²) in [5.41, 5.74) is 1.09. The molecule has 0 fully saturated rings. The molecule has 0 saturated heterocycles. The van der Waals surface area contributed by atoms with E-state index in [2.05, 4.69) is 37.2 Å². The summed E-state index contributed by atoms with van der Waals surface area (Å²) in [7, 11) is 0. The van der Waals surface area contributed by atoms with Gasteiger partial charge in [-0.3, -0.25) is 4.79 Å². The van der Waals surface area contributed by atoms with E-state index in [1.807, 2.05) is 31.2 Å². The average molecular weight is 321 g/mol. The van der Waals surface area contributed by atoms with Gasteiger partial charge in [0.15, 0.2) is 0 Å². The number of nitrogens with one attached hydrogen (secondary N) is 1. The van der Waals surface area contributed by atoms with Crippen LogP contribution in [0.1, 0.15) is 18.5 Å². The SMILES string of the molecule is C[C@H](NC(=O)CBr)c1ccccc1Br. The van der Waals surface area contributed by atoms with Crippen molar-refractivity contribution in [3.63, 3.8) is 0 Å². The highest BCUT2D eigenvalue weighted by Gasteiger charge is 2.10. The largest absolute Gasteiger partial charge is 0.349 e. The zero-order chi connectivity index (χ0) is 10.6. The van der Waals surface area contributed by atoms with Crippen LogP contribution in [0.3, 0.4) is 0 Å². The summed E-state index contributed by atoms with van der Waals surface area (Å²) in [4.78, 5) is 11.1. The van der Waals surface area contributed by atoms with Gasteiger partial charge in [0.25, 0.3) is 0 Å². The Balaban J connectivity index is 2.74. The Morgan fingerprint density at radius 2 is 2.14 bits per heavy atom. The van der Waals surface area contributed by atoms with Gasteiger partial charge in [0.05, 0.1) is 11.4 Å². The summed E-state index contributed by atoms with van der Waals surface area (Å²) in [6, 6.07) is 7.88. The van der Waals surface area contributed by atoms with Crippen LogP contribution in [0, 0.1) is 0 Å². The van der Waals surface area contributed by atoms with E-state index in [4.69, 9.17) is 0 Å². The van der Waals surface area contributed by atoms with Gasteiger partial charge < -0.3 is 5.32 Å². The second-order valence-corrected chi connectivity index (χ2v) is 4.36. The van der Waals surface area contributed by atoms with Crippen molar-refractivity contribution in [3.8, 4) is 0 Å². The fraction of sp³-hybridized carbons (Fsp3) is 0.300. The van der Waals surface area contributed by atoms with Crippen molar-refractivity contribution in [3.05, 3.63) is 34.3 Å². The minimum atomic E-state index is -0.00625. The smallest absolute Gasteiger partial charge is 0.231 e. The number of carbonyl (C=O) groups excluding carboxylic acids is 1. The number of alkyl halides is 1. The van der Waals surface area contributed by atoms with Gasteiger partial charge in [-0.2, -0.15) is 0 Å². The second-order valence-electron chi connectivity index (χ2n) is 2.94. The Labute approximate surface area is 100 Å². The molecule has 0 radical (unpaired) electrons. The lowest BCUT2D eigenvalue weighted by atomic mass is 10.1. The first-order chi connectivity index (χ1) is 6.65. The molecule has 1 atom stereocenters. The Morgan fingerprint density at radius 3 is 2.71 bits per heavy atom. The zero-order valence-corrected chi connectivity index (χ0v) is 10.9. The van der Waals surface area contributed by atoms with Gasteiger partial charge in [-0.25, -0.2) is 0 Å². The van der Waals surface area contributed by atoms with E-state index >= 15 is 0 Å². The van der Waals surface area contributed by atoms with Gasteiger partial charge in [0.1, 0.15) is 0 Å². The summed E-state index contributed by atoms with van der Waals surface area (Å²) in [5, 5.41) is 3.21. The molecule has 2 nitrogen and oxygen atoms in total. The molecule has 76 valence electrons. The molecule has 1 rings (SSSR count). The molecule has 0 heterocycles. The van der Waals surface area contributed by atoms with E-state index in [9.17, 15) is 4.79 Å². The van der Waals surface area contributed by atoms with E-state index in [0.29, 0.717) is 5.33 Å². The van der Waals surface area contributed by atoms with E-state index in [-0.39, 0.29) is 11.9 Å². The fourth-order valence-corrected chi connectivity index (χ4v) is 1.97. The van der Waals surface area contributed by atoms with Crippen LogP contribution in [-0.2, 0) is 4.79 Å². The normalized spacial score (nSPS) is 12.2. The third-order valence-corrected chi connectivity index (χ3v) is 3.10. The highest BCUT2D eigenvalue weighted by Crippen LogP contribution is 2.22. The van der Waals surface area contributed by atoms with Gasteiger partial charge in [0, 0.05) is 4.47 Å². The Morgan fingerprint density at radius 1 is 1.50 bits per heavy atom. The summed E-state index contributed by atoms with van der Waals surface area (Å²) >= 11 is 6.56. The van der Waals surface area contributed by atoms with Crippen LogP contribution in [0.4, 0.5) is 0 Å². The second kappa shape index (κ2) is 5.51. The lowest BCUT2D eigenvalue weighted by Crippen LogP contribution is -2.27. The number of halogens is 2. The molecule has 4 heteroatoms.